The highest BCUT2D eigenvalue weighted by Crippen LogP contribution is 2.21. The van der Waals surface area contributed by atoms with Gasteiger partial charge in [0.2, 0.25) is 12.3 Å². The minimum Gasteiger partial charge on any atom is -0.449 e. The van der Waals surface area contributed by atoms with E-state index in [1.54, 1.807) is 48.5 Å². The molecule has 0 saturated heterocycles. The molecule has 0 aliphatic rings. The van der Waals surface area contributed by atoms with Crippen LogP contribution in [-0.2, 0) is 9.53 Å². The molecule has 0 fully saturated rings. The second-order valence-corrected chi connectivity index (χ2v) is 5.75. The third-order valence-electron chi connectivity index (χ3n) is 3.51. The second kappa shape index (κ2) is 7.79. The Morgan fingerprint density at radius 2 is 1.88 bits per heavy atom. The second-order valence-electron chi connectivity index (χ2n) is 5.34. The SMILES string of the molecule is C[C@@H](OC(=O)c1ccc(-c2nnco2)cc1)C(=O)Nc1ccccc1Cl. The maximum Gasteiger partial charge on any atom is 0.338 e. The summed E-state index contributed by atoms with van der Waals surface area (Å²) in [6.07, 6.45) is 0.228. The Morgan fingerprint density at radius 1 is 1.15 bits per heavy atom. The standard InChI is InChI=1S/C18H14ClN3O4/c1-11(16(23)21-15-5-3-2-4-14(15)19)26-18(24)13-8-6-12(7-9-13)17-22-20-10-25-17/h2-11H,1H3,(H,21,23)/t11-/m1/s1. The van der Waals surface area contributed by atoms with Crippen molar-refractivity contribution in [3.63, 3.8) is 0 Å². The largest absolute Gasteiger partial charge is 0.449 e. The molecule has 7 nitrogen and oxygen atoms in total. The fourth-order valence-corrected chi connectivity index (χ4v) is 2.31. The Kier molecular flexibility index (Phi) is 5.28. The summed E-state index contributed by atoms with van der Waals surface area (Å²) in [7, 11) is 0. The zero-order valence-corrected chi connectivity index (χ0v) is 14.4. The van der Waals surface area contributed by atoms with Crippen LogP contribution in [0.5, 0.6) is 0 Å². The lowest BCUT2D eigenvalue weighted by atomic mass is 10.1. The average molecular weight is 372 g/mol. The normalized spacial score (nSPS) is 11.6. The van der Waals surface area contributed by atoms with Gasteiger partial charge in [-0.25, -0.2) is 4.79 Å². The average Bonchev–Trinajstić information content (AvgIpc) is 3.18. The van der Waals surface area contributed by atoms with Gasteiger partial charge in [-0.05, 0) is 43.3 Å². The van der Waals surface area contributed by atoms with Gasteiger partial charge in [0, 0.05) is 5.56 Å². The smallest absolute Gasteiger partial charge is 0.338 e. The number of benzene rings is 2. The van der Waals surface area contributed by atoms with Gasteiger partial charge in [0.15, 0.2) is 6.10 Å². The van der Waals surface area contributed by atoms with Crippen molar-refractivity contribution in [1.29, 1.82) is 0 Å². The van der Waals surface area contributed by atoms with Crippen molar-refractivity contribution in [2.24, 2.45) is 0 Å². The van der Waals surface area contributed by atoms with Gasteiger partial charge >= 0.3 is 5.97 Å². The summed E-state index contributed by atoms with van der Waals surface area (Å²) in [5.74, 6) is -0.754. The molecule has 3 aromatic rings. The van der Waals surface area contributed by atoms with Crippen LogP contribution in [0.2, 0.25) is 5.02 Å². The maximum absolute atomic E-state index is 12.2. The highest BCUT2D eigenvalue weighted by Gasteiger charge is 2.20. The summed E-state index contributed by atoms with van der Waals surface area (Å²) < 4.78 is 10.3. The molecule has 1 N–H and O–H groups in total. The number of nitrogens with zero attached hydrogens (tertiary/aromatic N) is 2. The van der Waals surface area contributed by atoms with Gasteiger partial charge in [0.25, 0.3) is 5.91 Å². The number of carbonyl (C=O) groups excluding carboxylic acids is 2. The third kappa shape index (κ3) is 4.07. The molecule has 1 amide bonds. The number of carbonyl (C=O) groups is 2. The minimum absolute atomic E-state index is 0.297. The van der Waals surface area contributed by atoms with E-state index < -0.39 is 18.0 Å². The lowest BCUT2D eigenvalue weighted by Crippen LogP contribution is -2.30. The van der Waals surface area contributed by atoms with Gasteiger partial charge in [0.1, 0.15) is 0 Å². The van der Waals surface area contributed by atoms with E-state index in [9.17, 15) is 9.59 Å². The van der Waals surface area contributed by atoms with Crippen LogP contribution in [0.15, 0.2) is 59.3 Å². The van der Waals surface area contributed by atoms with E-state index in [0.29, 0.717) is 27.7 Å². The summed E-state index contributed by atoms with van der Waals surface area (Å²) in [6, 6.07) is 13.2. The van der Waals surface area contributed by atoms with E-state index >= 15 is 0 Å². The van der Waals surface area contributed by atoms with Crippen LogP contribution in [0.3, 0.4) is 0 Å². The van der Waals surface area contributed by atoms with Gasteiger partial charge in [-0.1, -0.05) is 23.7 Å². The summed E-state index contributed by atoms with van der Waals surface area (Å²) in [4.78, 5) is 24.4. The molecule has 8 heteroatoms. The van der Waals surface area contributed by atoms with Crippen LogP contribution in [0.1, 0.15) is 17.3 Å². The molecule has 0 unspecified atom stereocenters. The molecule has 0 aliphatic carbocycles. The first-order chi connectivity index (χ1) is 12.5. The monoisotopic (exact) mass is 371 g/mol. The molecule has 0 radical (unpaired) electrons. The highest BCUT2D eigenvalue weighted by atomic mass is 35.5. The van der Waals surface area contributed by atoms with E-state index in [4.69, 9.17) is 20.8 Å². The number of anilines is 1. The lowest BCUT2D eigenvalue weighted by molar-refractivity contribution is -0.123. The van der Waals surface area contributed by atoms with Crippen molar-refractivity contribution >= 4 is 29.2 Å². The van der Waals surface area contributed by atoms with Gasteiger partial charge in [-0.3, -0.25) is 4.79 Å². The summed E-state index contributed by atoms with van der Waals surface area (Å²) in [5.41, 5.74) is 1.42. The van der Waals surface area contributed by atoms with Crippen molar-refractivity contribution in [2.45, 2.75) is 13.0 Å². The lowest BCUT2D eigenvalue weighted by Gasteiger charge is -2.14. The predicted octanol–water partition coefficient (Wildman–Crippen LogP) is 3.57. The molecular formula is C18H14ClN3O4. The zero-order valence-electron chi connectivity index (χ0n) is 13.7. The molecule has 132 valence electrons. The first kappa shape index (κ1) is 17.6. The van der Waals surface area contributed by atoms with E-state index in [2.05, 4.69) is 15.5 Å². The first-order valence-electron chi connectivity index (χ1n) is 7.67. The Morgan fingerprint density at radius 3 is 2.54 bits per heavy atom. The molecule has 0 saturated carbocycles. The van der Waals surface area contributed by atoms with Crippen molar-refractivity contribution in [3.8, 4) is 11.5 Å². The number of ether oxygens (including phenoxy) is 1. The van der Waals surface area contributed by atoms with E-state index in [-0.39, 0.29) is 0 Å². The van der Waals surface area contributed by atoms with Gasteiger partial charge in [0.05, 0.1) is 16.3 Å². The Labute approximate surface area is 153 Å². The van der Waals surface area contributed by atoms with Crippen LogP contribution in [0.25, 0.3) is 11.5 Å². The Hall–Kier alpha value is -3.19. The minimum atomic E-state index is -0.991. The molecule has 0 aliphatic heterocycles. The molecule has 3 rings (SSSR count). The van der Waals surface area contributed by atoms with E-state index in [1.807, 2.05) is 0 Å². The van der Waals surface area contributed by atoms with Crippen LogP contribution in [0.4, 0.5) is 5.69 Å². The Balaban J connectivity index is 1.61. The first-order valence-corrected chi connectivity index (χ1v) is 8.05. The van der Waals surface area contributed by atoms with E-state index in [0.717, 1.165) is 0 Å². The molecule has 0 spiro atoms. The fourth-order valence-electron chi connectivity index (χ4n) is 2.13. The number of hydrogen-bond acceptors (Lipinski definition) is 6. The van der Waals surface area contributed by atoms with Crippen LogP contribution >= 0.6 is 11.6 Å². The summed E-state index contributed by atoms with van der Waals surface area (Å²) in [5, 5.41) is 10.4. The van der Waals surface area contributed by atoms with Crippen molar-refractivity contribution in [2.75, 3.05) is 5.32 Å². The van der Waals surface area contributed by atoms with Crippen molar-refractivity contribution in [3.05, 3.63) is 65.5 Å². The van der Waals surface area contributed by atoms with Gasteiger partial charge < -0.3 is 14.5 Å². The molecule has 1 atom stereocenters. The molecule has 26 heavy (non-hydrogen) atoms. The van der Waals surface area contributed by atoms with Crippen LogP contribution in [0, 0.1) is 0 Å². The summed E-state index contributed by atoms with van der Waals surface area (Å²) >= 11 is 5.99. The number of rotatable bonds is 5. The summed E-state index contributed by atoms with van der Waals surface area (Å²) in [6.45, 7) is 1.48. The zero-order chi connectivity index (χ0) is 18.5. The third-order valence-corrected chi connectivity index (χ3v) is 3.84. The fraction of sp³-hybridized carbons (Fsp3) is 0.111. The van der Waals surface area contributed by atoms with E-state index in [1.165, 1.54) is 13.3 Å². The maximum atomic E-state index is 12.2. The molecule has 0 bridgehead atoms. The molecule has 2 aromatic carbocycles. The predicted molar refractivity (Wildman–Crippen MR) is 94.7 cm³/mol. The number of amides is 1. The Bertz CT molecular complexity index is 910. The van der Waals surface area contributed by atoms with Crippen molar-refractivity contribution < 1.29 is 18.7 Å². The molecule has 1 aromatic heterocycles. The van der Waals surface area contributed by atoms with Gasteiger partial charge in [-0.15, -0.1) is 10.2 Å². The van der Waals surface area contributed by atoms with Crippen LogP contribution < -0.4 is 5.32 Å². The highest BCUT2D eigenvalue weighted by molar-refractivity contribution is 6.33. The number of para-hydroxylation sites is 1. The topological polar surface area (TPSA) is 94.3 Å². The van der Waals surface area contributed by atoms with Crippen LogP contribution in [-0.4, -0.2) is 28.2 Å². The molecule has 1 heterocycles. The number of halogens is 1. The number of aromatic nitrogens is 2. The van der Waals surface area contributed by atoms with Gasteiger partial charge in [-0.2, -0.15) is 0 Å². The number of nitrogens with one attached hydrogen (secondary N) is 1. The molecular weight excluding hydrogens is 358 g/mol. The number of esters is 1. The quantitative estimate of drug-likeness (QED) is 0.689. The van der Waals surface area contributed by atoms with Crippen molar-refractivity contribution in [1.82, 2.24) is 10.2 Å². The number of hydrogen-bond donors (Lipinski definition) is 1.